The standard InChI is InChI=1S/C23H26N4O2S/c1-26-13-15-27(16-14-26)23-17-19(11-12-24-23)18-25-30(28,29)22-9-7-21(8-10-22)20-5-3-2-4-6-20/h2-12,17,25H,13-16,18H2,1H3. The predicted molar refractivity (Wildman–Crippen MR) is 120 cm³/mol. The smallest absolute Gasteiger partial charge is 0.240 e. The Hall–Kier alpha value is -2.74. The molecule has 0 amide bonds. The van der Waals surface area contributed by atoms with E-state index in [4.69, 9.17) is 0 Å². The maximum absolute atomic E-state index is 12.7. The molecule has 7 heteroatoms. The van der Waals surface area contributed by atoms with Gasteiger partial charge in [-0.1, -0.05) is 42.5 Å². The van der Waals surface area contributed by atoms with Crippen LogP contribution < -0.4 is 9.62 Å². The van der Waals surface area contributed by atoms with Crippen LogP contribution in [-0.2, 0) is 16.6 Å². The number of pyridine rings is 1. The Morgan fingerprint density at radius 1 is 0.900 bits per heavy atom. The van der Waals surface area contributed by atoms with Crippen LogP contribution in [0.25, 0.3) is 11.1 Å². The first-order valence-corrected chi connectivity index (χ1v) is 11.5. The van der Waals surface area contributed by atoms with Crippen molar-refractivity contribution in [1.29, 1.82) is 0 Å². The Morgan fingerprint density at radius 2 is 1.57 bits per heavy atom. The van der Waals surface area contributed by atoms with E-state index in [2.05, 4.69) is 26.6 Å². The fraction of sp³-hybridized carbons (Fsp3) is 0.261. The average molecular weight is 423 g/mol. The molecule has 1 aliphatic rings. The molecule has 156 valence electrons. The Labute approximate surface area is 178 Å². The second-order valence-electron chi connectivity index (χ2n) is 7.53. The highest BCUT2D eigenvalue weighted by Gasteiger charge is 2.17. The van der Waals surface area contributed by atoms with Gasteiger partial charge in [0.2, 0.25) is 10.0 Å². The molecule has 1 fully saturated rings. The number of hydrogen-bond acceptors (Lipinski definition) is 5. The number of benzene rings is 2. The first kappa shape index (κ1) is 20.5. The lowest BCUT2D eigenvalue weighted by atomic mass is 10.1. The van der Waals surface area contributed by atoms with Gasteiger partial charge in [0.05, 0.1) is 4.90 Å². The van der Waals surface area contributed by atoms with Gasteiger partial charge in [-0.2, -0.15) is 0 Å². The van der Waals surface area contributed by atoms with Crippen molar-refractivity contribution in [2.45, 2.75) is 11.4 Å². The second kappa shape index (κ2) is 8.95. The van der Waals surface area contributed by atoms with Crippen molar-refractivity contribution in [3.63, 3.8) is 0 Å². The van der Waals surface area contributed by atoms with Crippen LogP contribution in [0.4, 0.5) is 5.82 Å². The number of likely N-dealkylation sites (N-methyl/N-ethyl adjacent to an activating group) is 1. The molecule has 6 nitrogen and oxygen atoms in total. The van der Waals surface area contributed by atoms with Gasteiger partial charge >= 0.3 is 0 Å². The van der Waals surface area contributed by atoms with Crippen LogP contribution in [0.5, 0.6) is 0 Å². The van der Waals surface area contributed by atoms with Crippen LogP contribution in [0.15, 0.2) is 77.8 Å². The number of nitrogens with one attached hydrogen (secondary N) is 1. The summed E-state index contributed by atoms with van der Waals surface area (Å²) in [6.45, 7) is 4.07. The zero-order valence-electron chi connectivity index (χ0n) is 17.0. The highest BCUT2D eigenvalue weighted by Crippen LogP contribution is 2.21. The number of nitrogens with zero attached hydrogens (tertiary/aromatic N) is 3. The lowest BCUT2D eigenvalue weighted by molar-refractivity contribution is 0.312. The molecule has 2 heterocycles. The van der Waals surface area contributed by atoms with Gasteiger partial charge in [0.25, 0.3) is 0 Å². The molecule has 2 aromatic carbocycles. The number of sulfonamides is 1. The quantitative estimate of drug-likeness (QED) is 0.662. The van der Waals surface area contributed by atoms with E-state index in [0.29, 0.717) is 0 Å². The summed E-state index contributed by atoms with van der Waals surface area (Å²) in [6, 6.07) is 20.7. The van der Waals surface area contributed by atoms with Gasteiger partial charge in [-0.05, 0) is 48.0 Å². The molecule has 0 radical (unpaired) electrons. The van der Waals surface area contributed by atoms with E-state index >= 15 is 0 Å². The van der Waals surface area contributed by atoms with Crippen LogP contribution in [0.3, 0.4) is 0 Å². The molecule has 0 spiro atoms. The molecule has 0 aliphatic carbocycles. The van der Waals surface area contributed by atoms with Gasteiger partial charge in [-0.3, -0.25) is 0 Å². The van der Waals surface area contributed by atoms with Crippen LogP contribution in [0.1, 0.15) is 5.56 Å². The SMILES string of the molecule is CN1CCN(c2cc(CNS(=O)(=O)c3ccc(-c4ccccc4)cc3)ccn2)CC1. The molecule has 1 aromatic heterocycles. The minimum atomic E-state index is -3.59. The summed E-state index contributed by atoms with van der Waals surface area (Å²) in [4.78, 5) is 9.24. The molecule has 3 aromatic rings. The lowest BCUT2D eigenvalue weighted by Gasteiger charge is -2.33. The highest BCUT2D eigenvalue weighted by atomic mass is 32.2. The second-order valence-corrected chi connectivity index (χ2v) is 9.29. The molecule has 1 saturated heterocycles. The summed E-state index contributed by atoms with van der Waals surface area (Å²) in [5, 5.41) is 0. The normalized spacial score (nSPS) is 15.3. The molecule has 0 atom stereocenters. The number of piperazine rings is 1. The number of rotatable bonds is 6. The van der Waals surface area contributed by atoms with Crippen LogP contribution >= 0.6 is 0 Å². The van der Waals surface area contributed by atoms with E-state index in [1.54, 1.807) is 18.3 Å². The van der Waals surface area contributed by atoms with Gasteiger partial charge in [0, 0.05) is 38.9 Å². The highest BCUT2D eigenvalue weighted by molar-refractivity contribution is 7.89. The zero-order valence-corrected chi connectivity index (χ0v) is 17.8. The molecule has 30 heavy (non-hydrogen) atoms. The monoisotopic (exact) mass is 422 g/mol. The number of aromatic nitrogens is 1. The molecular formula is C23H26N4O2S. The topological polar surface area (TPSA) is 65.5 Å². The first-order chi connectivity index (χ1) is 14.5. The summed E-state index contributed by atoms with van der Waals surface area (Å²) >= 11 is 0. The third kappa shape index (κ3) is 4.87. The van der Waals surface area contributed by atoms with Crippen molar-refractivity contribution >= 4 is 15.8 Å². The first-order valence-electron chi connectivity index (χ1n) is 10.0. The Balaban J connectivity index is 1.42. The third-order valence-electron chi connectivity index (χ3n) is 5.38. The number of hydrogen-bond donors (Lipinski definition) is 1. The van der Waals surface area contributed by atoms with Gasteiger partial charge in [-0.15, -0.1) is 0 Å². The minimum absolute atomic E-state index is 0.228. The van der Waals surface area contributed by atoms with Crippen LogP contribution in [0, 0.1) is 0 Å². The number of anilines is 1. The molecule has 4 rings (SSSR count). The summed E-state index contributed by atoms with van der Waals surface area (Å²) in [7, 11) is -1.48. The summed E-state index contributed by atoms with van der Waals surface area (Å²) < 4.78 is 28.2. The van der Waals surface area contributed by atoms with Gasteiger partial charge in [0.15, 0.2) is 0 Å². The van der Waals surface area contributed by atoms with Crippen molar-refractivity contribution in [2.75, 3.05) is 38.1 Å². The van der Waals surface area contributed by atoms with E-state index in [0.717, 1.165) is 48.7 Å². The van der Waals surface area contributed by atoms with Crippen molar-refractivity contribution < 1.29 is 8.42 Å². The zero-order chi connectivity index (χ0) is 21.0. The van der Waals surface area contributed by atoms with E-state index in [1.807, 2.05) is 54.6 Å². The maximum Gasteiger partial charge on any atom is 0.240 e. The summed E-state index contributed by atoms with van der Waals surface area (Å²) in [5.74, 6) is 0.895. The molecule has 0 unspecified atom stereocenters. The molecule has 0 saturated carbocycles. The van der Waals surface area contributed by atoms with E-state index < -0.39 is 10.0 Å². The lowest BCUT2D eigenvalue weighted by Crippen LogP contribution is -2.44. The largest absolute Gasteiger partial charge is 0.354 e. The van der Waals surface area contributed by atoms with E-state index in [1.165, 1.54) is 0 Å². The fourth-order valence-electron chi connectivity index (χ4n) is 3.50. The van der Waals surface area contributed by atoms with Gasteiger partial charge in [0.1, 0.15) is 5.82 Å². The van der Waals surface area contributed by atoms with Crippen LogP contribution in [0.2, 0.25) is 0 Å². The molecular weight excluding hydrogens is 396 g/mol. The van der Waals surface area contributed by atoms with Crippen molar-refractivity contribution in [3.05, 3.63) is 78.5 Å². The molecule has 1 N–H and O–H groups in total. The van der Waals surface area contributed by atoms with E-state index in [9.17, 15) is 8.42 Å². The van der Waals surface area contributed by atoms with Crippen LogP contribution in [-0.4, -0.2) is 51.5 Å². The minimum Gasteiger partial charge on any atom is -0.354 e. The van der Waals surface area contributed by atoms with Crippen molar-refractivity contribution in [1.82, 2.24) is 14.6 Å². The summed E-state index contributed by atoms with van der Waals surface area (Å²) in [6.07, 6.45) is 1.74. The van der Waals surface area contributed by atoms with Gasteiger partial charge < -0.3 is 9.80 Å². The van der Waals surface area contributed by atoms with Gasteiger partial charge in [-0.25, -0.2) is 18.1 Å². The predicted octanol–water partition coefficient (Wildman–Crippen LogP) is 2.98. The molecule has 0 bridgehead atoms. The average Bonchev–Trinajstić information content (AvgIpc) is 2.79. The maximum atomic E-state index is 12.7. The van der Waals surface area contributed by atoms with Crippen molar-refractivity contribution in [2.24, 2.45) is 0 Å². The molecule has 1 aliphatic heterocycles. The van der Waals surface area contributed by atoms with Crippen molar-refractivity contribution in [3.8, 4) is 11.1 Å². The van der Waals surface area contributed by atoms with E-state index in [-0.39, 0.29) is 11.4 Å². The Bertz CT molecular complexity index is 1080. The summed E-state index contributed by atoms with van der Waals surface area (Å²) in [5.41, 5.74) is 2.94. The Morgan fingerprint density at radius 3 is 2.27 bits per heavy atom. The Kier molecular flexibility index (Phi) is 6.13. The fourth-order valence-corrected chi connectivity index (χ4v) is 4.52. The third-order valence-corrected chi connectivity index (χ3v) is 6.79.